The first-order chi connectivity index (χ1) is 9.63. The molecule has 0 saturated carbocycles. The number of hydrogen-bond acceptors (Lipinski definition) is 2. The van der Waals surface area contributed by atoms with Crippen molar-refractivity contribution in [3.05, 3.63) is 65.5 Å². The molecule has 0 spiro atoms. The fourth-order valence-corrected chi connectivity index (χ4v) is 2.78. The Bertz CT molecular complexity index is 554. The zero-order chi connectivity index (χ0) is 14.4. The van der Waals surface area contributed by atoms with Gasteiger partial charge in [0.25, 0.3) is 0 Å². The molecule has 2 rings (SSSR count). The van der Waals surface area contributed by atoms with Crippen molar-refractivity contribution in [1.29, 1.82) is 0 Å². The summed E-state index contributed by atoms with van der Waals surface area (Å²) in [7, 11) is 0. The molecule has 0 aliphatic rings. The quantitative estimate of drug-likeness (QED) is 0.779. The van der Waals surface area contributed by atoms with Gasteiger partial charge in [-0.05, 0) is 35.4 Å². The molecule has 0 heterocycles. The monoisotopic (exact) mass is 289 g/mol. The number of thioether (sulfide) groups is 1. The van der Waals surface area contributed by atoms with Gasteiger partial charge in [-0.2, -0.15) is 0 Å². The number of nitrogens with one attached hydrogen (secondary N) is 1. The summed E-state index contributed by atoms with van der Waals surface area (Å²) in [5.74, 6) is 0.622. The normalized spacial score (nSPS) is 11.0. The fraction of sp³-hybridized carbons (Fsp3) is 0.294. The lowest BCUT2D eigenvalue weighted by Crippen LogP contribution is -2.21. The smallest absolute Gasteiger partial charge is 0.123 e. The molecule has 0 amide bonds. The lowest BCUT2D eigenvalue weighted by Gasteiger charge is -2.09. The maximum Gasteiger partial charge on any atom is 0.123 e. The third-order valence-electron chi connectivity index (χ3n) is 2.91. The van der Waals surface area contributed by atoms with Gasteiger partial charge in [-0.25, -0.2) is 4.39 Å². The van der Waals surface area contributed by atoms with Crippen LogP contribution in [0.5, 0.6) is 0 Å². The van der Waals surface area contributed by atoms with E-state index in [1.165, 1.54) is 16.5 Å². The van der Waals surface area contributed by atoms with Crippen molar-refractivity contribution >= 4 is 11.8 Å². The molecule has 3 heteroatoms. The Morgan fingerprint density at radius 1 is 1.05 bits per heavy atom. The fourth-order valence-electron chi connectivity index (χ4n) is 1.86. The average Bonchev–Trinajstić information content (AvgIpc) is 2.43. The summed E-state index contributed by atoms with van der Waals surface area (Å²) >= 11 is 1.74. The van der Waals surface area contributed by atoms with E-state index in [9.17, 15) is 4.39 Å². The number of benzene rings is 2. The zero-order valence-corrected chi connectivity index (χ0v) is 12.7. The highest BCUT2D eigenvalue weighted by Gasteiger charge is 2.00. The van der Waals surface area contributed by atoms with Crippen molar-refractivity contribution in [3.63, 3.8) is 0 Å². The molecule has 106 valence electrons. The maximum atomic E-state index is 13.1. The number of halogens is 1. The molecule has 2 aromatic rings. The standard InChI is InChI=1S/C17H20FNS/c1-13(2)19-11-14-5-4-8-17(10-14)20-12-15-6-3-7-16(18)9-15/h3-10,13,19H,11-12H2,1-2H3. The van der Waals surface area contributed by atoms with Crippen LogP contribution in [0.2, 0.25) is 0 Å². The van der Waals surface area contributed by atoms with Crippen molar-refractivity contribution in [1.82, 2.24) is 5.32 Å². The minimum absolute atomic E-state index is 0.169. The van der Waals surface area contributed by atoms with Crippen molar-refractivity contribution in [2.24, 2.45) is 0 Å². The highest BCUT2D eigenvalue weighted by molar-refractivity contribution is 7.98. The molecule has 0 aliphatic heterocycles. The van der Waals surface area contributed by atoms with Gasteiger partial charge in [0.2, 0.25) is 0 Å². The molecule has 1 N–H and O–H groups in total. The van der Waals surface area contributed by atoms with Gasteiger partial charge in [-0.15, -0.1) is 11.8 Å². The largest absolute Gasteiger partial charge is 0.310 e. The van der Waals surface area contributed by atoms with Gasteiger partial charge < -0.3 is 5.32 Å². The van der Waals surface area contributed by atoms with Gasteiger partial charge >= 0.3 is 0 Å². The summed E-state index contributed by atoms with van der Waals surface area (Å²) in [5, 5.41) is 3.41. The van der Waals surface area contributed by atoms with Crippen molar-refractivity contribution in [3.8, 4) is 0 Å². The van der Waals surface area contributed by atoms with Crippen LogP contribution in [0, 0.1) is 5.82 Å². The molecule has 0 fully saturated rings. The molecule has 0 unspecified atom stereocenters. The minimum Gasteiger partial charge on any atom is -0.310 e. The highest BCUT2D eigenvalue weighted by Crippen LogP contribution is 2.23. The lowest BCUT2D eigenvalue weighted by atomic mass is 10.2. The van der Waals surface area contributed by atoms with Crippen molar-refractivity contribution < 1.29 is 4.39 Å². The van der Waals surface area contributed by atoms with Crippen LogP contribution in [0.15, 0.2) is 53.4 Å². The molecule has 0 aliphatic carbocycles. The van der Waals surface area contributed by atoms with E-state index in [-0.39, 0.29) is 5.82 Å². The summed E-state index contributed by atoms with van der Waals surface area (Å²) in [6.45, 7) is 5.16. The van der Waals surface area contributed by atoms with Crippen LogP contribution in [-0.2, 0) is 12.3 Å². The highest BCUT2D eigenvalue weighted by atomic mass is 32.2. The van der Waals surface area contributed by atoms with Gasteiger partial charge in [-0.3, -0.25) is 0 Å². The summed E-state index contributed by atoms with van der Waals surface area (Å²) in [4.78, 5) is 1.22. The van der Waals surface area contributed by atoms with Crippen LogP contribution < -0.4 is 5.32 Å². The first kappa shape index (κ1) is 15.1. The molecule has 1 nitrogen and oxygen atoms in total. The molecular formula is C17H20FNS. The Labute approximate surface area is 124 Å². The predicted molar refractivity (Wildman–Crippen MR) is 84.4 cm³/mol. The third-order valence-corrected chi connectivity index (χ3v) is 3.97. The number of hydrogen-bond donors (Lipinski definition) is 1. The maximum absolute atomic E-state index is 13.1. The van der Waals surface area contributed by atoms with Gasteiger partial charge in [0.15, 0.2) is 0 Å². The van der Waals surface area contributed by atoms with Crippen LogP contribution in [-0.4, -0.2) is 6.04 Å². The van der Waals surface area contributed by atoms with Gasteiger partial charge in [-0.1, -0.05) is 38.1 Å². The van der Waals surface area contributed by atoms with Crippen LogP contribution in [0.1, 0.15) is 25.0 Å². The van der Waals surface area contributed by atoms with Crippen molar-refractivity contribution in [2.45, 2.75) is 37.1 Å². The number of rotatable bonds is 6. The molecule has 0 saturated heterocycles. The van der Waals surface area contributed by atoms with E-state index < -0.39 is 0 Å². The topological polar surface area (TPSA) is 12.0 Å². The van der Waals surface area contributed by atoms with E-state index in [0.29, 0.717) is 6.04 Å². The molecule has 0 bridgehead atoms. The van der Waals surface area contributed by atoms with E-state index >= 15 is 0 Å². The summed E-state index contributed by atoms with van der Waals surface area (Å²) in [5.41, 5.74) is 2.30. The second kappa shape index (κ2) is 7.46. The van der Waals surface area contributed by atoms with E-state index in [0.717, 1.165) is 17.9 Å². The molecular weight excluding hydrogens is 269 g/mol. The van der Waals surface area contributed by atoms with E-state index in [1.54, 1.807) is 23.9 Å². The van der Waals surface area contributed by atoms with Gasteiger partial charge in [0, 0.05) is 23.2 Å². The SMILES string of the molecule is CC(C)NCc1cccc(SCc2cccc(F)c2)c1. The third kappa shape index (κ3) is 4.99. The second-order valence-corrected chi connectivity index (χ2v) is 6.15. The Balaban J connectivity index is 1.94. The first-order valence-electron chi connectivity index (χ1n) is 6.83. The average molecular weight is 289 g/mol. The summed E-state index contributed by atoms with van der Waals surface area (Å²) in [6, 6.07) is 15.8. The molecule has 2 aromatic carbocycles. The Hall–Kier alpha value is -1.32. The van der Waals surface area contributed by atoms with Gasteiger partial charge in [0.05, 0.1) is 0 Å². The second-order valence-electron chi connectivity index (χ2n) is 5.10. The van der Waals surface area contributed by atoms with E-state index in [1.807, 2.05) is 6.07 Å². The lowest BCUT2D eigenvalue weighted by molar-refractivity contribution is 0.588. The Kier molecular flexibility index (Phi) is 5.62. The first-order valence-corrected chi connectivity index (χ1v) is 7.81. The Morgan fingerprint density at radius 3 is 2.55 bits per heavy atom. The van der Waals surface area contributed by atoms with Crippen LogP contribution in [0.3, 0.4) is 0 Å². The molecule has 0 atom stereocenters. The van der Waals surface area contributed by atoms with Crippen LogP contribution in [0.4, 0.5) is 4.39 Å². The summed E-state index contributed by atoms with van der Waals surface area (Å²) in [6.07, 6.45) is 0. The molecule has 0 aromatic heterocycles. The molecule has 20 heavy (non-hydrogen) atoms. The van der Waals surface area contributed by atoms with Crippen LogP contribution >= 0.6 is 11.8 Å². The Morgan fingerprint density at radius 2 is 1.80 bits per heavy atom. The van der Waals surface area contributed by atoms with Crippen molar-refractivity contribution in [2.75, 3.05) is 0 Å². The minimum atomic E-state index is -0.169. The van der Waals surface area contributed by atoms with Gasteiger partial charge in [0.1, 0.15) is 5.82 Å². The summed E-state index contributed by atoms with van der Waals surface area (Å²) < 4.78 is 13.1. The van der Waals surface area contributed by atoms with E-state index in [2.05, 4.69) is 43.4 Å². The zero-order valence-electron chi connectivity index (χ0n) is 11.9. The molecule has 0 radical (unpaired) electrons. The van der Waals surface area contributed by atoms with Crippen LogP contribution in [0.25, 0.3) is 0 Å². The predicted octanol–water partition coefficient (Wildman–Crippen LogP) is 4.62. The van der Waals surface area contributed by atoms with E-state index in [4.69, 9.17) is 0 Å².